The van der Waals surface area contributed by atoms with Crippen LogP contribution in [-0.4, -0.2) is 51.1 Å². The Balaban J connectivity index is 1.46. The fourth-order valence-corrected chi connectivity index (χ4v) is 5.17. The number of aromatic nitrogens is 4. The first-order chi connectivity index (χ1) is 16.7. The average Bonchev–Trinajstić information content (AvgIpc) is 3.55. The number of fused-ring (bicyclic) bond motifs is 2. The SMILES string of the molecule is CN1CCC(Oc2cccc3ncnc(N(Cc4cscn4)c4ccc5[nH]ccc5c4)c23)CC1. The van der Waals surface area contributed by atoms with Gasteiger partial charge in [0, 0.05) is 41.3 Å². The molecular weight excluding hydrogens is 444 g/mol. The molecule has 7 nitrogen and oxygen atoms in total. The molecule has 1 aliphatic rings. The minimum absolute atomic E-state index is 0.193. The van der Waals surface area contributed by atoms with Crippen LogP contribution in [0.5, 0.6) is 5.75 Å². The number of likely N-dealkylation sites (tertiary alicyclic amines) is 1. The van der Waals surface area contributed by atoms with Gasteiger partial charge in [-0.3, -0.25) is 0 Å². The van der Waals surface area contributed by atoms with E-state index in [0.717, 1.165) is 70.7 Å². The lowest BCUT2D eigenvalue weighted by Crippen LogP contribution is -2.35. The fraction of sp³-hybridized carbons (Fsp3) is 0.269. The van der Waals surface area contributed by atoms with Crippen LogP contribution in [0, 0.1) is 0 Å². The van der Waals surface area contributed by atoms with E-state index in [9.17, 15) is 0 Å². The molecule has 0 bridgehead atoms. The van der Waals surface area contributed by atoms with Crippen LogP contribution in [0.15, 0.2) is 65.9 Å². The molecule has 0 unspecified atom stereocenters. The third kappa shape index (κ3) is 4.10. The summed E-state index contributed by atoms with van der Waals surface area (Å²) in [6, 6.07) is 14.6. The first-order valence-electron chi connectivity index (χ1n) is 11.6. The number of hydrogen-bond donors (Lipinski definition) is 1. The monoisotopic (exact) mass is 470 g/mol. The first-order valence-corrected chi connectivity index (χ1v) is 12.5. The molecule has 1 aliphatic heterocycles. The average molecular weight is 471 g/mol. The number of ether oxygens (including phenoxy) is 1. The number of nitrogens with one attached hydrogen (secondary N) is 1. The van der Waals surface area contributed by atoms with E-state index in [2.05, 4.69) is 61.4 Å². The van der Waals surface area contributed by atoms with Crippen LogP contribution in [0.1, 0.15) is 18.5 Å². The molecule has 0 aliphatic carbocycles. The number of hydrogen-bond acceptors (Lipinski definition) is 7. The van der Waals surface area contributed by atoms with Gasteiger partial charge < -0.3 is 19.5 Å². The zero-order valence-corrected chi connectivity index (χ0v) is 19.8. The van der Waals surface area contributed by atoms with Crippen molar-refractivity contribution in [2.24, 2.45) is 0 Å². The van der Waals surface area contributed by atoms with Crippen molar-refractivity contribution in [2.75, 3.05) is 25.0 Å². The Labute approximate surface area is 202 Å². The van der Waals surface area contributed by atoms with Gasteiger partial charge in [-0.25, -0.2) is 15.0 Å². The van der Waals surface area contributed by atoms with Crippen molar-refractivity contribution in [3.05, 3.63) is 71.6 Å². The second kappa shape index (κ2) is 9.04. The summed E-state index contributed by atoms with van der Waals surface area (Å²) in [5.74, 6) is 1.67. The number of rotatable bonds is 6. The lowest BCUT2D eigenvalue weighted by Gasteiger charge is -2.30. The van der Waals surface area contributed by atoms with Gasteiger partial charge >= 0.3 is 0 Å². The zero-order chi connectivity index (χ0) is 22.9. The van der Waals surface area contributed by atoms with Gasteiger partial charge in [0.15, 0.2) is 0 Å². The van der Waals surface area contributed by atoms with E-state index in [4.69, 9.17) is 9.72 Å². The molecule has 3 aromatic heterocycles. The predicted octanol–water partition coefficient (Wildman–Crippen LogP) is 5.38. The van der Waals surface area contributed by atoms with Crippen molar-refractivity contribution in [3.63, 3.8) is 0 Å². The predicted molar refractivity (Wildman–Crippen MR) is 137 cm³/mol. The molecule has 0 spiro atoms. The molecule has 1 fully saturated rings. The molecule has 0 amide bonds. The Hall–Kier alpha value is -3.49. The van der Waals surface area contributed by atoms with E-state index in [0.29, 0.717) is 6.54 Å². The number of aromatic amines is 1. The van der Waals surface area contributed by atoms with E-state index < -0.39 is 0 Å². The van der Waals surface area contributed by atoms with E-state index in [1.807, 2.05) is 29.9 Å². The lowest BCUT2D eigenvalue weighted by molar-refractivity contribution is 0.116. The number of benzene rings is 2. The second-order valence-corrected chi connectivity index (χ2v) is 9.50. The van der Waals surface area contributed by atoms with E-state index >= 15 is 0 Å². The van der Waals surface area contributed by atoms with Crippen molar-refractivity contribution in [1.29, 1.82) is 0 Å². The van der Waals surface area contributed by atoms with Gasteiger partial charge in [-0.2, -0.15) is 0 Å². The quantitative estimate of drug-likeness (QED) is 0.359. The molecule has 4 heterocycles. The van der Waals surface area contributed by atoms with Crippen molar-refractivity contribution >= 4 is 44.6 Å². The largest absolute Gasteiger partial charge is 0.489 e. The van der Waals surface area contributed by atoms with Crippen molar-refractivity contribution in [2.45, 2.75) is 25.5 Å². The number of thiazole rings is 1. The Kier molecular flexibility index (Phi) is 5.60. The minimum Gasteiger partial charge on any atom is -0.489 e. The standard InChI is InChI=1S/C26H26N6OS/c1-31-11-8-21(9-12-31)33-24-4-2-3-23-25(24)26(29-16-28-23)32(14-19-15-34-17-30-19)20-5-6-22-18(13-20)7-10-27-22/h2-7,10,13,15-17,21,27H,8-9,11-12,14H2,1H3. The Morgan fingerprint density at radius 3 is 2.88 bits per heavy atom. The van der Waals surface area contributed by atoms with Gasteiger partial charge in [0.1, 0.15) is 24.0 Å². The third-order valence-electron chi connectivity index (χ3n) is 6.47. The van der Waals surface area contributed by atoms with Crippen molar-refractivity contribution in [1.82, 2.24) is 24.8 Å². The molecule has 1 N–H and O–H groups in total. The Morgan fingerprint density at radius 2 is 2.03 bits per heavy atom. The fourth-order valence-electron chi connectivity index (χ4n) is 4.62. The maximum Gasteiger partial charge on any atom is 0.148 e. The first kappa shape index (κ1) is 21.1. The van der Waals surface area contributed by atoms with Gasteiger partial charge in [-0.05, 0) is 56.3 Å². The highest BCUT2D eigenvalue weighted by molar-refractivity contribution is 7.07. The molecule has 34 heavy (non-hydrogen) atoms. The van der Waals surface area contributed by atoms with Crippen LogP contribution in [0.4, 0.5) is 11.5 Å². The van der Waals surface area contributed by atoms with Crippen LogP contribution in [-0.2, 0) is 6.54 Å². The van der Waals surface area contributed by atoms with Crippen molar-refractivity contribution in [3.8, 4) is 5.75 Å². The lowest BCUT2D eigenvalue weighted by atomic mass is 10.1. The maximum atomic E-state index is 6.58. The highest BCUT2D eigenvalue weighted by Gasteiger charge is 2.23. The highest BCUT2D eigenvalue weighted by atomic mass is 32.1. The molecule has 2 aromatic carbocycles. The Bertz CT molecular complexity index is 1400. The topological polar surface area (TPSA) is 70.2 Å². The summed E-state index contributed by atoms with van der Waals surface area (Å²) in [6.45, 7) is 2.70. The van der Waals surface area contributed by atoms with Crippen LogP contribution < -0.4 is 9.64 Å². The van der Waals surface area contributed by atoms with E-state index in [-0.39, 0.29) is 6.10 Å². The summed E-state index contributed by atoms with van der Waals surface area (Å²) in [7, 11) is 2.16. The second-order valence-electron chi connectivity index (χ2n) is 8.78. The summed E-state index contributed by atoms with van der Waals surface area (Å²) in [5.41, 5.74) is 5.90. The van der Waals surface area contributed by atoms with Gasteiger partial charge in [0.25, 0.3) is 0 Å². The van der Waals surface area contributed by atoms with E-state index in [1.54, 1.807) is 17.7 Å². The third-order valence-corrected chi connectivity index (χ3v) is 7.11. The van der Waals surface area contributed by atoms with Gasteiger partial charge in [0.05, 0.1) is 28.7 Å². The molecule has 1 saturated heterocycles. The summed E-state index contributed by atoms with van der Waals surface area (Å²) in [4.78, 5) is 21.8. The number of nitrogens with zero attached hydrogens (tertiary/aromatic N) is 5. The molecular formula is C26H26N6OS. The number of piperidine rings is 1. The summed E-state index contributed by atoms with van der Waals surface area (Å²) < 4.78 is 6.58. The Morgan fingerprint density at radius 1 is 1.12 bits per heavy atom. The highest BCUT2D eigenvalue weighted by Crippen LogP contribution is 2.38. The molecule has 0 atom stereocenters. The van der Waals surface area contributed by atoms with Crippen LogP contribution in [0.25, 0.3) is 21.8 Å². The van der Waals surface area contributed by atoms with Crippen LogP contribution in [0.2, 0.25) is 0 Å². The molecule has 172 valence electrons. The molecule has 0 radical (unpaired) electrons. The number of H-pyrrole nitrogens is 1. The van der Waals surface area contributed by atoms with Crippen LogP contribution in [0.3, 0.4) is 0 Å². The number of anilines is 2. The van der Waals surface area contributed by atoms with Crippen LogP contribution >= 0.6 is 11.3 Å². The molecule has 5 aromatic rings. The normalized spacial score (nSPS) is 15.2. The van der Waals surface area contributed by atoms with Gasteiger partial charge in [-0.15, -0.1) is 11.3 Å². The van der Waals surface area contributed by atoms with Crippen molar-refractivity contribution < 1.29 is 4.74 Å². The molecule has 6 rings (SSSR count). The smallest absolute Gasteiger partial charge is 0.148 e. The summed E-state index contributed by atoms with van der Waals surface area (Å²) in [6.07, 6.45) is 5.83. The molecule has 8 heteroatoms. The van der Waals surface area contributed by atoms with E-state index in [1.165, 1.54) is 0 Å². The molecule has 0 saturated carbocycles. The van der Waals surface area contributed by atoms with Gasteiger partial charge in [-0.1, -0.05) is 6.07 Å². The maximum absolute atomic E-state index is 6.58. The summed E-state index contributed by atoms with van der Waals surface area (Å²) in [5, 5.41) is 4.18. The summed E-state index contributed by atoms with van der Waals surface area (Å²) >= 11 is 1.60. The van der Waals surface area contributed by atoms with Gasteiger partial charge in [0.2, 0.25) is 0 Å². The zero-order valence-electron chi connectivity index (χ0n) is 19.0. The minimum atomic E-state index is 0.193.